The van der Waals surface area contributed by atoms with E-state index in [9.17, 15) is 8.42 Å². The van der Waals surface area contributed by atoms with Gasteiger partial charge in [-0.1, -0.05) is 28.8 Å². The molecule has 1 heterocycles. The minimum atomic E-state index is -3.49. The molecule has 2 N–H and O–H groups in total. The molecule has 0 radical (unpaired) electrons. The molecule has 0 aliphatic carbocycles. The quantitative estimate of drug-likeness (QED) is 0.925. The molecule has 0 amide bonds. The summed E-state index contributed by atoms with van der Waals surface area (Å²) in [6.45, 7) is 0. The normalized spacial score (nSPS) is 12.1. The van der Waals surface area contributed by atoms with Crippen LogP contribution in [0.4, 0.5) is 6.01 Å². The summed E-state index contributed by atoms with van der Waals surface area (Å²) < 4.78 is 28.3. The van der Waals surface area contributed by atoms with Crippen LogP contribution in [0.15, 0.2) is 34.1 Å². The number of sulfone groups is 1. The molecular formula is C11H10ClN3O3S. The van der Waals surface area contributed by atoms with E-state index in [1.54, 1.807) is 24.3 Å². The number of nitrogen functional groups attached to an aromatic ring is 1. The number of nitrogens with two attached hydrogens (primary N) is 1. The molecule has 2 rings (SSSR count). The Morgan fingerprint density at radius 2 is 1.95 bits per heavy atom. The Balaban J connectivity index is 2.10. The predicted octanol–water partition coefficient (Wildman–Crippen LogP) is 1.89. The van der Waals surface area contributed by atoms with E-state index in [-0.39, 0.29) is 17.7 Å². The Morgan fingerprint density at radius 1 is 1.26 bits per heavy atom. The Kier molecular flexibility index (Phi) is 3.87. The number of aromatic nitrogens is 2. The lowest BCUT2D eigenvalue weighted by atomic mass is 10.2. The van der Waals surface area contributed by atoms with Gasteiger partial charge in [-0.3, -0.25) is 0 Å². The summed E-state index contributed by atoms with van der Waals surface area (Å²) >= 11 is 5.73. The van der Waals surface area contributed by atoms with Crippen molar-refractivity contribution in [2.75, 3.05) is 5.73 Å². The molecule has 8 heteroatoms. The summed E-state index contributed by atoms with van der Waals surface area (Å²) in [6, 6.07) is 6.60. The van der Waals surface area contributed by atoms with E-state index in [4.69, 9.17) is 21.8 Å². The van der Waals surface area contributed by atoms with Crippen molar-refractivity contribution in [1.82, 2.24) is 10.2 Å². The third kappa shape index (κ3) is 4.08. The molecule has 0 spiro atoms. The Labute approximate surface area is 114 Å². The van der Waals surface area contributed by atoms with Crippen LogP contribution >= 0.6 is 11.6 Å². The lowest BCUT2D eigenvalue weighted by Gasteiger charge is -1.95. The summed E-state index contributed by atoms with van der Waals surface area (Å²) in [7, 11) is -3.49. The number of hydrogen-bond acceptors (Lipinski definition) is 6. The second-order valence-corrected chi connectivity index (χ2v) is 6.02. The van der Waals surface area contributed by atoms with Gasteiger partial charge in [0, 0.05) is 10.4 Å². The molecule has 0 aliphatic rings. The molecule has 0 saturated heterocycles. The van der Waals surface area contributed by atoms with E-state index < -0.39 is 9.84 Å². The largest absolute Gasteiger partial charge is 0.407 e. The minimum Gasteiger partial charge on any atom is -0.407 e. The van der Waals surface area contributed by atoms with Gasteiger partial charge < -0.3 is 10.2 Å². The summed E-state index contributed by atoms with van der Waals surface area (Å²) in [5.74, 6) is -0.431. The Morgan fingerprint density at radius 3 is 2.53 bits per heavy atom. The number of nitrogens with zero attached hydrogens (tertiary/aromatic N) is 2. The van der Waals surface area contributed by atoms with Gasteiger partial charge in [-0.05, 0) is 23.8 Å². The molecule has 1 aromatic carbocycles. The molecule has 0 unspecified atom stereocenters. The van der Waals surface area contributed by atoms with Crippen LogP contribution in [0.1, 0.15) is 11.5 Å². The average Bonchev–Trinajstić information content (AvgIpc) is 2.73. The van der Waals surface area contributed by atoms with Gasteiger partial charge in [0.15, 0.2) is 9.84 Å². The van der Waals surface area contributed by atoms with E-state index in [1.165, 1.54) is 6.08 Å². The van der Waals surface area contributed by atoms with Gasteiger partial charge in [0.25, 0.3) is 0 Å². The van der Waals surface area contributed by atoms with Crippen molar-refractivity contribution >= 4 is 33.5 Å². The average molecular weight is 300 g/mol. The van der Waals surface area contributed by atoms with Gasteiger partial charge in [0.2, 0.25) is 5.89 Å². The first-order chi connectivity index (χ1) is 8.94. The van der Waals surface area contributed by atoms with Crippen LogP contribution in [0, 0.1) is 0 Å². The molecule has 19 heavy (non-hydrogen) atoms. The summed E-state index contributed by atoms with van der Waals surface area (Å²) in [5.41, 5.74) is 5.93. The fourth-order valence-corrected chi connectivity index (χ4v) is 2.35. The van der Waals surface area contributed by atoms with Crippen LogP contribution in [0.25, 0.3) is 6.08 Å². The minimum absolute atomic E-state index is 0.0433. The van der Waals surface area contributed by atoms with E-state index >= 15 is 0 Å². The van der Waals surface area contributed by atoms with Crippen LogP contribution in [0.2, 0.25) is 5.02 Å². The Hall–Kier alpha value is -1.86. The van der Waals surface area contributed by atoms with E-state index in [1.807, 2.05) is 0 Å². The van der Waals surface area contributed by atoms with Crippen LogP contribution < -0.4 is 5.73 Å². The molecule has 2 aromatic rings. The molecule has 1 aromatic heterocycles. The van der Waals surface area contributed by atoms with Gasteiger partial charge in [0.1, 0.15) is 5.75 Å². The second kappa shape index (κ2) is 5.41. The molecule has 0 aliphatic heterocycles. The highest BCUT2D eigenvalue weighted by atomic mass is 35.5. The third-order valence-electron chi connectivity index (χ3n) is 2.14. The summed E-state index contributed by atoms with van der Waals surface area (Å²) in [6.07, 6.45) is 1.46. The molecule has 0 fully saturated rings. The summed E-state index contributed by atoms with van der Waals surface area (Å²) in [4.78, 5) is 0. The highest BCUT2D eigenvalue weighted by molar-refractivity contribution is 7.93. The molecule has 0 saturated carbocycles. The van der Waals surface area contributed by atoms with Crippen molar-refractivity contribution in [3.05, 3.63) is 46.2 Å². The van der Waals surface area contributed by atoms with Gasteiger partial charge in [-0.2, -0.15) is 0 Å². The number of anilines is 1. The van der Waals surface area contributed by atoms with Crippen LogP contribution in [-0.4, -0.2) is 18.6 Å². The monoisotopic (exact) mass is 299 g/mol. The molecule has 100 valence electrons. The standard InChI is InChI=1S/C11H10ClN3O3S/c12-9-3-1-8(2-4-9)5-6-19(16,17)7-10-14-15-11(13)18-10/h1-6H,7H2,(H2,13,15)/b6-5-. The van der Waals surface area contributed by atoms with Crippen molar-refractivity contribution < 1.29 is 12.8 Å². The number of hydrogen-bond donors (Lipinski definition) is 1. The SMILES string of the molecule is Nc1nnc(CS(=O)(=O)/C=C\c2ccc(Cl)cc2)o1. The van der Waals surface area contributed by atoms with Crippen molar-refractivity contribution in [2.45, 2.75) is 5.75 Å². The maximum Gasteiger partial charge on any atom is 0.312 e. The molecule has 0 atom stereocenters. The predicted molar refractivity (Wildman–Crippen MR) is 71.8 cm³/mol. The zero-order chi connectivity index (χ0) is 13.9. The zero-order valence-corrected chi connectivity index (χ0v) is 11.2. The highest BCUT2D eigenvalue weighted by Crippen LogP contribution is 2.13. The first kappa shape index (κ1) is 13.6. The van der Waals surface area contributed by atoms with Crippen molar-refractivity contribution in [2.24, 2.45) is 0 Å². The third-order valence-corrected chi connectivity index (χ3v) is 3.60. The summed E-state index contributed by atoms with van der Waals surface area (Å²) in [5, 5.41) is 8.55. The van der Waals surface area contributed by atoms with Crippen molar-refractivity contribution in [3.8, 4) is 0 Å². The van der Waals surface area contributed by atoms with Crippen LogP contribution in [-0.2, 0) is 15.6 Å². The first-order valence-electron chi connectivity index (χ1n) is 5.19. The van der Waals surface area contributed by atoms with Crippen molar-refractivity contribution in [3.63, 3.8) is 0 Å². The number of benzene rings is 1. The molecule has 0 bridgehead atoms. The van der Waals surface area contributed by atoms with Gasteiger partial charge in [-0.15, -0.1) is 5.10 Å². The fourth-order valence-electron chi connectivity index (χ4n) is 1.30. The van der Waals surface area contributed by atoms with Gasteiger partial charge >= 0.3 is 6.01 Å². The fraction of sp³-hybridized carbons (Fsp3) is 0.0909. The number of rotatable bonds is 4. The maximum atomic E-state index is 11.8. The van der Waals surface area contributed by atoms with E-state index in [0.717, 1.165) is 11.0 Å². The molecule has 6 nitrogen and oxygen atoms in total. The lowest BCUT2D eigenvalue weighted by Crippen LogP contribution is -2.00. The Bertz CT molecular complexity index is 692. The maximum absolute atomic E-state index is 11.8. The van der Waals surface area contributed by atoms with E-state index in [2.05, 4.69) is 10.2 Å². The van der Waals surface area contributed by atoms with Crippen LogP contribution in [0.3, 0.4) is 0 Å². The first-order valence-corrected chi connectivity index (χ1v) is 7.28. The van der Waals surface area contributed by atoms with Crippen molar-refractivity contribution in [1.29, 1.82) is 0 Å². The van der Waals surface area contributed by atoms with E-state index in [0.29, 0.717) is 5.02 Å². The highest BCUT2D eigenvalue weighted by Gasteiger charge is 2.13. The van der Waals surface area contributed by atoms with Gasteiger partial charge in [-0.25, -0.2) is 8.42 Å². The second-order valence-electron chi connectivity index (χ2n) is 3.70. The molecular weight excluding hydrogens is 290 g/mol. The smallest absolute Gasteiger partial charge is 0.312 e. The lowest BCUT2D eigenvalue weighted by molar-refractivity contribution is 0.524. The number of halogens is 1. The van der Waals surface area contributed by atoms with Crippen LogP contribution in [0.5, 0.6) is 0 Å². The topological polar surface area (TPSA) is 99.1 Å². The van der Waals surface area contributed by atoms with Gasteiger partial charge in [0.05, 0.1) is 0 Å². The zero-order valence-electron chi connectivity index (χ0n) is 9.65.